The Kier molecular flexibility index (Phi) is 3.04. The van der Waals surface area contributed by atoms with Crippen LogP contribution in [0.2, 0.25) is 0 Å². The fourth-order valence-corrected chi connectivity index (χ4v) is 2.08. The number of benzene rings is 1. The number of amides is 1. The lowest BCUT2D eigenvalue weighted by atomic mass is 9.96. The van der Waals surface area contributed by atoms with Crippen molar-refractivity contribution in [3.63, 3.8) is 0 Å². The summed E-state index contributed by atoms with van der Waals surface area (Å²) in [6.07, 6.45) is -0.663. The van der Waals surface area contributed by atoms with E-state index in [1.54, 1.807) is 31.2 Å². The summed E-state index contributed by atoms with van der Waals surface area (Å²) in [6.45, 7) is 0.328. The Labute approximate surface area is 99.8 Å². The van der Waals surface area contributed by atoms with Gasteiger partial charge in [0.25, 0.3) is 0 Å². The number of carbonyl (C=O) groups is 1. The van der Waals surface area contributed by atoms with Crippen LogP contribution in [0.5, 0.6) is 5.75 Å². The number of hydrogen-bond donors (Lipinski definition) is 2. The molecule has 3 N–H and O–H groups in total. The number of aliphatic hydroxyl groups excluding tert-OH is 1. The zero-order valence-corrected chi connectivity index (χ0v) is 9.93. The highest BCUT2D eigenvalue weighted by atomic mass is 16.5. The molecule has 1 aromatic carbocycles. The molecule has 1 unspecified atom stereocenters. The molecule has 1 aliphatic heterocycles. The van der Waals surface area contributed by atoms with E-state index in [1.807, 2.05) is 0 Å². The lowest BCUT2D eigenvalue weighted by Crippen LogP contribution is -2.33. The van der Waals surface area contributed by atoms with Gasteiger partial charge in [-0.2, -0.15) is 0 Å². The topological polar surface area (TPSA) is 75.8 Å². The van der Waals surface area contributed by atoms with Crippen LogP contribution in [0.1, 0.15) is 23.7 Å². The van der Waals surface area contributed by atoms with Crippen molar-refractivity contribution in [2.24, 2.45) is 5.73 Å². The van der Waals surface area contributed by atoms with E-state index in [2.05, 4.69) is 0 Å². The lowest BCUT2D eigenvalue weighted by Gasteiger charge is -2.30. The van der Waals surface area contributed by atoms with Gasteiger partial charge in [0.2, 0.25) is 5.91 Å². The third-order valence-corrected chi connectivity index (χ3v) is 3.11. The van der Waals surface area contributed by atoms with Crippen LogP contribution in [0.3, 0.4) is 0 Å². The van der Waals surface area contributed by atoms with Crippen molar-refractivity contribution in [1.29, 1.82) is 0 Å². The molecule has 92 valence electrons. The Hall–Kier alpha value is -1.59. The first kappa shape index (κ1) is 11.9. The third-order valence-electron chi connectivity index (χ3n) is 3.11. The molecule has 5 nitrogen and oxygen atoms in total. The summed E-state index contributed by atoms with van der Waals surface area (Å²) < 4.78 is 5.22. The molecule has 0 fully saturated rings. The molecule has 0 spiro atoms. The number of aliphatic hydroxyl groups is 1. The van der Waals surface area contributed by atoms with E-state index in [-0.39, 0.29) is 12.3 Å². The van der Waals surface area contributed by atoms with E-state index in [9.17, 15) is 9.90 Å². The number of nitrogens with two attached hydrogens (primary N) is 1. The van der Waals surface area contributed by atoms with Crippen molar-refractivity contribution in [2.45, 2.75) is 19.1 Å². The predicted molar refractivity (Wildman–Crippen MR) is 63.9 cm³/mol. The quantitative estimate of drug-likeness (QED) is 0.786. The van der Waals surface area contributed by atoms with Gasteiger partial charge in [-0.1, -0.05) is 0 Å². The van der Waals surface area contributed by atoms with Gasteiger partial charge in [-0.15, -0.1) is 0 Å². The summed E-state index contributed by atoms with van der Waals surface area (Å²) in [5.41, 5.74) is 7.86. The van der Waals surface area contributed by atoms with Crippen molar-refractivity contribution in [3.8, 4) is 5.75 Å². The van der Waals surface area contributed by atoms with E-state index in [0.717, 1.165) is 5.56 Å². The number of anilines is 1. The molecule has 0 aliphatic carbocycles. The molecular weight excluding hydrogens is 220 g/mol. The second-order valence-corrected chi connectivity index (χ2v) is 4.10. The van der Waals surface area contributed by atoms with Gasteiger partial charge in [0.15, 0.2) is 0 Å². The monoisotopic (exact) mass is 236 g/mol. The minimum atomic E-state index is -0.769. The molecule has 0 radical (unpaired) electrons. The number of carbonyl (C=O) groups excluding carboxylic acids is 1. The zero-order valence-electron chi connectivity index (χ0n) is 9.93. The van der Waals surface area contributed by atoms with Crippen molar-refractivity contribution in [3.05, 3.63) is 23.3 Å². The highest BCUT2D eigenvalue weighted by Crippen LogP contribution is 2.38. The first-order valence-electron chi connectivity index (χ1n) is 5.44. The molecule has 1 aliphatic rings. The molecule has 1 amide bonds. The standard InChI is InChI=1S/C12H16N2O3/c1-14-9-3-7(6-13)11(17-2)4-8(9)10(15)5-12(14)16/h3-4,10,15H,5-6,13H2,1-2H3. The number of hydrogen-bond acceptors (Lipinski definition) is 4. The van der Waals surface area contributed by atoms with Gasteiger partial charge in [-0.25, -0.2) is 0 Å². The minimum Gasteiger partial charge on any atom is -0.496 e. The number of rotatable bonds is 2. The van der Waals surface area contributed by atoms with Crippen molar-refractivity contribution >= 4 is 11.6 Å². The molecular formula is C12H16N2O3. The van der Waals surface area contributed by atoms with Crippen LogP contribution in [0.15, 0.2) is 12.1 Å². The first-order valence-corrected chi connectivity index (χ1v) is 5.44. The fraction of sp³-hybridized carbons (Fsp3) is 0.417. The SMILES string of the molecule is COc1cc2c(cc1CN)N(C)C(=O)CC2O. The molecule has 1 atom stereocenters. The largest absolute Gasteiger partial charge is 0.496 e. The molecule has 1 heterocycles. The average molecular weight is 236 g/mol. The highest BCUT2D eigenvalue weighted by Gasteiger charge is 2.29. The normalized spacial score (nSPS) is 19.2. The van der Waals surface area contributed by atoms with Gasteiger partial charge in [-0.05, 0) is 12.1 Å². The number of ether oxygens (including phenoxy) is 1. The van der Waals surface area contributed by atoms with Gasteiger partial charge in [0, 0.05) is 30.4 Å². The Bertz CT molecular complexity index is 459. The average Bonchev–Trinajstić information content (AvgIpc) is 2.34. The fourth-order valence-electron chi connectivity index (χ4n) is 2.08. The Balaban J connectivity index is 2.58. The summed E-state index contributed by atoms with van der Waals surface area (Å²) in [7, 11) is 3.25. The van der Waals surface area contributed by atoms with E-state index in [0.29, 0.717) is 23.5 Å². The summed E-state index contributed by atoms with van der Waals surface area (Å²) in [4.78, 5) is 13.2. The molecule has 0 saturated carbocycles. The molecule has 17 heavy (non-hydrogen) atoms. The molecule has 0 bridgehead atoms. The van der Waals surface area contributed by atoms with Crippen LogP contribution < -0.4 is 15.4 Å². The smallest absolute Gasteiger partial charge is 0.229 e. The maximum absolute atomic E-state index is 11.6. The first-order chi connectivity index (χ1) is 8.08. The van der Waals surface area contributed by atoms with E-state index in [4.69, 9.17) is 10.5 Å². The van der Waals surface area contributed by atoms with E-state index in [1.165, 1.54) is 0 Å². The van der Waals surface area contributed by atoms with Crippen LogP contribution in [0.4, 0.5) is 5.69 Å². The van der Waals surface area contributed by atoms with Crippen LogP contribution in [-0.2, 0) is 11.3 Å². The second kappa shape index (κ2) is 4.35. The molecule has 5 heteroatoms. The Morgan fingerprint density at radius 2 is 2.29 bits per heavy atom. The van der Waals surface area contributed by atoms with Crippen molar-refractivity contribution in [1.82, 2.24) is 0 Å². The van der Waals surface area contributed by atoms with Gasteiger partial charge in [-0.3, -0.25) is 4.79 Å². The maximum Gasteiger partial charge on any atom is 0.229 e. The number of fused-ring (bicyclic) bond motifs is 1. The molecule has 1 aromatic rings. The number of nitrogens with zero attached hydrogens (tertiary/aromatic N) is 1. The highest BCUT2D eigenvalue weighted by molar-refractivity contribution is 5.96. The second-order valence-electron chi connectivity index (χ2n) is 4.10. The minimum absolute atomic E-state index is 0.0989. The van der Waals surface area contributed by atoms with Crippen LogP contribution in [-0.4, -0.2) is 25.2 Å². The summed E-state index contributed by atoms with van der Waals surface area (Å²) in [6, 6.07) is 3.56. The summed E-state index contributed by atoms with van der Waals surface area (Å²) >= 11 is 0. The van der Waals surface area contributed by atoms with Crippen molar-refractivity contribution in [2.75, 3.05) is 19.1 Å². The maximum atomic E-state index is 11.6. The summed E-state index contributed by atoms with van der Waals surface area (Å²) in [5.74, 6) is 0.547. The van der Waals surface area contributed by atoms with Gasteiger partial charge < -0.3 is 20.5 Å². The zero-order chi connectivity index (χ0) is 12.6. The molecule has 2 rings (SSSR count). The van der Waals surface area contributed by atoms with E-state index >= 15 is 0 Å². The lowest BCUT2D eigenvalue weighted by molar-refractivity contribution is -0.120. The van der Waals surface area contributed by atoms with Crippen LogP contribution in [0.25, 0.3) is 0 Å². The number of methoxy groups -OCH3 is 1. The third kappa shape index (κ3) is 1.87. The predicted octanol–water partition coefficient (Wildman–Crippen LogP) is 0.554. The van der Waals surface area contributed by atoms with Crippen molar-refractivity contribution < 1.29 is 14.6 Å². The molecule has 0 saturated heterocycles. The van der Waals surface area contributed by atoms with Gasteiger partial charge >= 0.3 is 0 Å². The molecule has 0 aromatic heterocycles. The van der Waals surface area contributed by atoms with Gasteiger partial charge in [0.1, 0.15) is 5.75 Å². The Morgan fingerprint density at radius 1 is 1.59 bits per heavy atom. The van der Waals surface area contributed by atoms with E-state index < -0.39 is 6.10 Å². The Morgan fingerprint density at radius 3 is 2.88 bits per heavy atom. The van der Waals surface area contributed by atoms with Crippen LogP contribution >= 0.6 is 0 Å². The van der Waals surface area contributed by atoms with Gasteiger partial charge in [0.05, 0.1) is 19.6 Å². The van der Waals surface area contributed by atoms with Crippen LogP contribution in [0, 0.1) is 0 Å². The summed E-state index contributed by atoms with van der Waals surface area (Å²) in [5, 5.41) is 9.90.